The zero-order valence-corrected chi connectivity index (χ0v) is 10.7. The van der Waals surface area contributed by atoms with Gasteiger partial charge in [0.05, 0.1) is 0 Å². The van der Waals surface area contributed by atoms with Crippen molar-refractivity contribution in [2.75, 3.05) is 13.1 Å². The molecule has 1 rings (SSSR count). The van der Waals surface area contributed by atoms with Gasteiger partial charge in [0, 0.05) is 25.6 Å². The zero-order chi connectivity index (χ0) is 12.8. The molecule has 3 N–H and O–H groups in total. The van der Waals surface area contributed by atoms with Crippen molar-refractivity contribution >= 4 is 11.8 Å². The van der Waals surface area contributed by atoms with Gasteiger partial charge in [0.25, 0.3) is 0 Å². The molecule has 0 saturated carbocycles. The van der Waals surface area contributed by atoms with Gasteiger partial charge in [-0.15, -0.1) is 0 Å². The van der Waals surface area contributed by atoms with Crippen molar-refractivity contribution in [2.24, 2.45) is 5.73 Å². The highest BCUT2D eigenvalue weighted by Gasteiger charge is 2.33. The summed E-state index contributed by atoms with van der Waals surface area (Å²) < 4.78 is 0. The van der Waals surface area contributed by atoms with E-state index in [4.69, 9.17) is 5.73 Å². The molecule has 0 spiro atoms. The third-order valence-corrected chi connectivity index (χ3v) is 3.08. The summed E-state index contributed by atoms with van der Waals surface area (Å²) >= 11 is 0. The van der Waals surface area contributed by atoms with Gasteiger partial charge in [0.15, 0.2) is 0 Å². The summed E-state index contributed by atoms with van der Waals surface area (Å²) in [5.74, 6) is 0.0236. The van der Waals surface area contributed by atoms with Crippen LogP contribution in [0.25, 0.3) is 0 Å². The molecule has 1 aliphatic rings. The van der Waals surface area contributed by atoms with E-state index in [1.54, 1.807) is 4.90 Å². The van der Waals surface area contributed by atoms with Gasteiger partial charge >= 0.3 is 0 Å². The summed E-state index contributed by atoms with van der Waals surface area (Å²) in [6.07, 6.45) is 3.02. The summed E-state index contributed by atoms with van der Waals surface area (Å²) in [5, 5.41) is 2.84. The molecule has 17 heavy (non-hydrogen) atoms. The van der Waals surface area contributed by atoms with E-state index in [1.165, 1.54) is 0 Å². The lowest BCUT2D eigenvalue weighted by Gasteiger charge is -2.25. The van der Waals surface area contributed by atoms with E-state index in [-0.39, 0.29) is 23.9 Å². The average molecular weight is 241 g/mol. The number of carbonyl (C=O) groups excluding carboxylic acids is 2. The second kappa shape index (κ2) is 6.59. The molecule has 98 valence electrons. The van der Waals surface area contributed by atoms with Crippen LogP contribution in [-0.4, -0.2) is 41.9 Å². The average Bonchev–Trinajstić information content (AvgIpc) is 2.78. The van der Waals surface area contributed by atoms with E-state index in [0.717, 1.165) is 19.3 Å². The summed E-state index contributed by atoms with van der Waals surface area (Å²) in [7, 11) is 0. The Hall–Kier alpha value is -1.10. The molecule has 1 unspecified atom stereocenters. The largest absolute Gasteiger partial charge is 0.351 e. The van der Waals surface area contributed by atoms with Gasteiger partial charge in [-0.25, -0.2) is 0 Å². The molecule has 0 radical (unpaired) electrons. The number of carbonyl (C=O) groups is 2. The summed E-state index contributed by atoms with van der Waals surface area (Å²) in [6.45, 7) is 4.96. The Kier molecular flexibility index (Phi) is 5.41. The zero-order valence-electron chi connectivity index (χ0n) is 10.7. The van der Waals surface area contributed by atoms with Gasteiger partial charge in [-0.1, -0.05) is 6.92 Å². The maximum atomic E-state index is 12.0. The van der Waals surface area contributed by atoms with Gasteiger partial charge in [0.2, 0.25) is 11.8 Å². The van der Waals surface area contributed by atoms with Gasteiger partial charge in [-0.3, -0.25) is 9.59 Å². The fraction of sp³-hybridized carbons (Fsp3) is 0.833. The van der Waals surface area contributed by atoms with Crippen LogP contribution in [-0.2, 0) is 9.59 Å². The van der Waals surface area contributed by atoms with Crippen LogP contribution in [0.5, 0.6) is 0 Å². The second-order valence-electron chi connectivity index (χ2n) is 4.64. The summed E-state index contributed by atoms with van der Waals surface area (Å²) in [5.41, 5.74) is 5.47. The number of likely N-dealkylation sites (tertiary alicyclic amines) is 1. The number of hydrogen-bond acceptors (Lipinski definition) is 3. The number of rotatable bonds is 5. The van der Waals surface area contributed by atoms with Gasteiger partial charge < -0.3 is 16.0 Å². The molecule has 0 aromatic rings. The Labute approximate surface area is 103 Å². The Balaban J connectivity index is 2.56. The quantitative estimate of drug-likeness (QED) is 0.724. The van der Waals surface area contributed by atoms with E-state index in [1.807, 2.05) is 13.8 Å². The van der Waals surface area contributed by atoms with Crippen LogP contribution in [0.2, 0.25) is 0 Å². The minimum absolute atomic E-state index is 0.0359. The number of hydrogen-bond donors (Lipinski definition) is 2. The Morgan fingerprint density at radius 1 is 1.53 bits per heavy atom. The predicted molar refractivity (Wildman–Crippen MR) is 66.3 cm³/mol. The van der Waals surface area contributed by atoms with Crippen molar-refractivity contribution in [3.63, 3.8) is 0 Å². The van der Waals surface area contributed by atoms with Crippen molar-refractivity contribution in [1.82, 2.24) is 10.2 Å². The van der Waals surface area contributed by atoms with Crippen molar-refractivity contribution in [3.8, 4) is 0 Å². The lowest BCUT2D eigenvalue weighted by molar-refractivity contribution is -0.138. The van der Waals surface area contributed by atoms with Crippen LogP contribution < -0.4 is 11.1 Å². The second-order valence-corrected chi connectivity index (χ2v) is 4.64. The first-order valence-corrected chi connectivity index (χ1v) is 6.40. The third kappa shape index (κ3) is 3.70. The van der Waals surface area contributed by atoms with Gasteiger partial charge in [-0.2, -0.15) is 0 Å². The van der Waals surface area contributed by atoms with Crippen molar-refractivity contribution in [1.29, 1.82) is 0 Å². The molecule has 0 bridgehead atoms. The number of amides is 2. The first-order chi connectivity index (χ1) is 8.10. The van der Waals surface area contributed by atoms with Crippen LogP contribution >= 0.6 is 0 Å². The first kappa shape index (κ1) is 14.0. The topological polar surface area (TPSA) is 75.4 Å². The number of nitrogens with zero attached hydrogens (tertiary/aromatic N) is 1. The predicted octanol–water partition coefficient (Wildman–Crippen LogP) is 0.241. The normalized spacial score (nSPS) is 21.4. The lowest BCUT2D eigenvalue weighted by atomic mass is 10.2. The molecule has 5 heteroatoms. The monoisotopic (exact) mass is 241 g/mol. The standard InChI is InChI=1S/C12H23N3O2/c1-3-5-11(16)15-7-4-6-10(15)12(17)14-9(2)8-13/h9-10H,3-8,13H2,1-2H3,(H,14,17)/t9-,10?/m0/s1. The summed E-state index contributed by atoms with van der Waals surface area (Å²) in [6, 6.07) is -0.325. The Bertz CT molecular complexity index is 281. The number of nitrogens with one attached hydrogen (secondary N) is 1. The molecular formula is C12H23N3O2. The van der Waals surface area contributed by atoms with Gasteiger partial charge in [-0.05, 0) is 26.2 Å². The van der Waals surface area contributed by atoms with Crippen molar-refractivity contribution in [3.05, 3.63) is 0 Å². The maximum absolute atomic E-state index is 12.0. The highest BCUT2D eigenvalue weighted by Crippen LogP contribution is 2.18. The molecule has 0 aromatic heterocycles. The van der Waals surface area contributed by atoms with Crippen LogP contribution in [0.1, 0.15) is 39.5 Å². The maximum Gasteiger partial charge on any atom is 0.243 e. The van der Waals surface area contributed by atoms with Crippen LogP contribution in [0.15, 0.2) is 0 Å². The molecule has 1 saturated heterocycles. The SMILES string of the molecule is CCCC(=O)N1CCCC1C(=O)N[C@@H](C)CN. The molecule has 1 aliphatic heterocycles. The van der Waals surface area contributed by atoms with Crippen LogP contribution in [0, 0.1) is 0 Å². The molecule has 1 heterocycles. The Morgan fingerprint density at radius 3 is 2.82 bits per heavy atom. The highest BCUT2D eigenvalue weighted by molar-refractivity contribution is 5.88. The van der Waals surface area contributed by atoms with E-state index in [0.29, 0.717) is 19.5 Å². The molecule has 1 fully saturated rings. The molecule has 2 atom stereocenters. The summed E-state index contributed by atoms with van der Waals surface area (Å²) in [4.78, 5) is 25.5. The molecule has 5 nitrogen and oxygen atoms in total. The van der Waals surface area contributed by atoms with E-state index in [2.05, 4.69) is 5.32 Å². The van der Waals surface area contributed by atoms with Crippen LogP contribution in [0.4, 0.5) is 0 Å². The molecule has 0 aliphatic carbocycles. The molecule has 2 amide bonds. The van der Waals surface area contributed by atoms with E-state index in [9.17, 15) is 9.59 Å². The minimum atomic E-state index is -0.289. The van der Waals surface area contributed by atoms with E-state index >= 15 is 0 Å². The first-order valence-electron chi connectivity index (χ1n) is 6.40. The molecule has 0 aromatic carbocycles. The third-order valence-electron chi connectivity index (χ3n) is 3.08. The molecular weight excluding hydrogens is 218 g/mol. The van der Waals surface area contributed by atoms with Crippen LogP contribution in [0.3, 0.4) is 0 Å². The fourth-order valence-corrected chi connectivity index (χ4v) is 2.09. The number of nitrogens with two attached hydrogens (primary N) is 1. The minimum Gasteiger partial charge on any atom is -0.351 e. The smallest absolute Gasteiger partial charge is 0.243 e. The fourth-order valence-electron chi connectivity index (χ4n) is 2.09. The highest BCUT2D eigenvalue weighted by atomic mass is 16.2. The van der Waals surface area contributed by atoms with Crippen molar-refractivity contribution < 1.29 is 9.59 Å². The van der Waals surface area contributed by atoms with E-state index < -0.39 is 0 Å². The lowest BCUT2D eigenvalue weighted by Crippen LogP contribution is -2.49. The van der Waals surface area contributed by atoms with Crippen molar-refractivity contribution in [2.45, 2.75) is 51.6 Å². The van der Waals surface area contributed by atoms with Gasteiger partial charge in [0.1, 0.15) is 6.04 Å². The Morgan fingerprint density at radius 2 is 2.24 bits per heavy atom.